The van der Waals surface area contributed by atoms with Crippen molar-refractivity contribution in [1.29, 1.82) is 0 Å². The second-order valence-electron chi connectivity index (χ2n) is 11.4. The van der Waals surface area contributed by atoms with Crippen LogP contribution in [0.15, 0.2) is 41.3 Å². The molecule has 10 heteroatoms. The van der Waals surface area contributed by atoms with Crippen molar-refractivity contribution in [2.24, 2.45) is 17.8 Å². The average Bonchev–Trinajstić information content (AvgIpc) is 3.16. The molecule has 1 N–H and O–H groups in total. The maximum atomic E-state index is 13.0. The van der Waals surface area contributed by atoms with Crippen LogP contribution in [0, 0.1) is 17.8 Å². The van der Waals surface area contributed by atoms with Crippen molar-refractivity contribution in [1.82, 2.24) is 10.2 Å². The average molecular weight is 602 g/mol. The maximum Gasteiger partial charge on any atom is 0.293 e. The van der Waals surface area contributed by atoms with Crippen molar-refractivity contribution < 1.29 is 23.9 Å². The molecule has 3 amide bonds. The van der Waals surface area contributed by atoms with Gasteiger partial charge in [-0.05, 0) is 104 Å². The summed E-state index contributed by atoms with van der Waals surface area (Å²) in [6, 6.07) is 10.2. The van der Waals surface area contributed by atoms with Gasteiger partial charge in [0.15, 0.2) is 18.1 Å². The lowest BCUT2D eigenvalue weighted by atomic mass is 9.53. The van der Waals surface area contributed by atoms with Gasteiger partial charge in [-0.3, -0.25) is 19.3 Å². The van der Waals surface area contributed by atoms with Crippen LogP contribution in [0.4, 0.5) is 4.79 Å². The molecule has 7 rings (SSSR count). The Kier molecular flexibility index (Phi) is 7.53. The van der Waals surface area contributed by atoms with E-state index in [2.05, 4.69) is 5.32 Å². The van der Waals surface area contributed by atoms with E-state index in [0.717, 1.165) is 53.7 Å². The van der Waals surface area contributed by atoms with Crippen LogP contribution in [0.5, 0.6) is 11.5 Å². The third kappa shape index (κ3) is 5.46. The lowest BCUT2D eigenvalue weighted by molar-refractivity contribution is -0.129. The summed E-state index contributed by atoms with van der Waals surface area (Å²) in [5.74, 6) is 2.56. The molecule has 2 aromatic carbocycles. The predicted molar refractivity (Wildman–Crippen MR) is 156 cm³/mol. The topological polar surface area (TPSA) is 84.9 Å². The van der Waals surface area contributed by atoms with Gasteiger partial charge in [-0.15, -0.1) is 0 Å². The standard InChI is InChI=1S/C30H30Cl2N2O5S/c1-38-25-10-17(11-26-28(36)34(29(37)40-26)15-21-22(31)3-2-4-23(21)32)5-6-24(25)39-16-27(35)33-30-12-18-7-19(13-30)9-20(8-18)14-30/h2-6,10-11,18-20H,7-9,12-16H2,1H3,(H,33,35)/b26-11-. The molecule has 0 spiro atoms. The molecule has 4 saturated carbocycles. The first-order valence-corrected chi connectivity index (χ1v) is 15.1. The molecule has 0 atom stereocenters. The number of ether oxygens (including phenoxy) is 2. The normalized spacial score (nSPS) is 27.9. The molecule has 5 aliphatic rings. The van der Waals surface area contributed by atoms with Gasteiger partial charge in [0.05, 0.1) is 18.6 Å². The summed E-state index contributed by atoms with van der Waals surface area (Å²) in [7, 11) is 1.52. The Balaban J connectivity index is 1.10. The van der Waals surface area contributed by atoms with Crippen LogP contribution in [0.2, 0.25) is 10.0 Å². The van der Waals surface area contributed by atoms with Gasteiger partial charge in [0, 0.05) is 21.1 Å². The molecular weight excluding hydrogens is 571 g/mol. The van der Waals surface area contributed by atoms with Gasteiger partial charge < -0.3 is 14.8 Å². The first kappa shape index (κ1) is 27.5. The fourth-order valence-electron chi connectivity index (χ4n) is 7.26. The highest BCUT2D eigenvalue weighted by molar-refractivity contribution is 8.18. The highest BCUT2D eigenvalue weighted by Gasteiger charge is 2.51. The van der Waals surface area contributed by atoms with Crippen molar-refractivity contribution >= 4 is 58.1 Å². The van der Waals surface area contributed by atoms with Crippen LogP contribution >= 0.6 is 35.0 Å². The molecule has 1 heterocycles. The number of rotatable bonds is 8. The number of halogens is 2. The summed E-state index contributed by atoms with van der Waals surface area (Å²) in [4.78, 5) is 40.0. The molecule has 0 aromatic heterocycles. The molecule has 5 fully saturated rings. The van der Waals surface area contributed by atoms with E-state index in [4.69, 9.17) is 32.7 Å². The largest absolute Gasteiger partial charge is 0.493 e. The minimum absolute atomic E-state index is 0.0120. The fourth-order valence-corrected chi connectivity index (χ4v) is 8.62. The Morgan fingerprint density at radius 2 is 1.70 bits per heavy atom. The number of amides is 3. The highest BCUT2D eigenvalue weighted by atomic mass is 35.5. The van der Waals surface area contributed by atoms with Gasteiger partial charge in [0.1, 0.15) is 0 Å². The second-order valence-corrected chi connectivity index (χ2v) is 13.2. The van der Waals surface area contributed by atoms with Crippen molar-refractivity contribution in [2.45, 2.75) is 50.6 Å². The molecule has 4 bridgehead atoms. The van der Waals surface area contributed by atoms with Crippen molar-refractivity contribution in [2.75, 3.05) is 13.7 Å². The second kappa shape index (κ2) is 11.0. The summed E-state index contributed by atoms with van der Waals surface area (Å²) in [5.41, 5.74) is 1.11. The first-order valence-electron chi connectivity index (χ1n) is 13.5. The number of hydrogen-bond donors (Lipinski definition) is 1. The molecule has 7 nitrogen and oxygen atoms in total. The zero-order valence-electron chi connectivity index (χ0n) is 22.1. The van der Waals surface area contributed by atoms with E-state index >= 15 is 0 Å². The monoisotopic (exact) mass is 600 g/mol. The number of nitrogens with zero attached hydrogens (tertiary/aromatic N) is 1. The van der Waals surface area contributed by atoms with E-state index in [1.54, 1.807) is 42.5 Å². The van der Waals surface area contributed by atoms with Crippen molar-refractivity contribution in [3.8, 4) is 11.5 Å². The third-order valence-corrected chi connectivity index (χ3v) is 10.2. The Morgan fingerprint density at radius 3 is 2.33 bits per heavy atom. The fraction of sp³-hybridized carbons (Fsp3) is 0.433. The molecule has 4 aliphatic carbocycles. The van der Waals surface area contributed by atoms with E-state index in [0.29, 0.717) is 32.7 Å². The van der Waals surface area contributed by atoms with E-state index in [1.165, 1.54) is 26.4 Å². The van der Waals surface area contributed by atoms with Gasteiger partial charge in [-0.25, -0.2) is 0 Å². The van der Waals surface area contributed by atoms with Gasteiger partial charge in [-0.2, -0.15) is 0 Å². The quantitative estimate of drug-likeness (QED) is 0.339. The zero-order chi connectivity index (χ0) is 28.0. The van der Waals surface area contributed by atoms with Crippen LogP contribution in [-0.2, 0) is 16.1 Å². The summed E-state index contributed by atoms with van der Waals surface area (Å²) >= 11 is 13.3. The highest BCUT2D eigenvalue weighted by Crippen LogP contribution is 2.55. The molecule has 1 aliphatic heterocycles. The molecule has 40 heavy (non-hydrogen) atoms. The predicted octanol–water partition coefficient (Wildman–Crippen LogP) is 6.70. The number of thioether (sulfide) groups is 1. The maximum absolute atomic E-state index is 13.0. The van der Waals surface area contributed by atoms with Crippen LogP contribution in [0.3, 0.4) is 0 Å². The van der Waals surface area contributed by atoms with Gasteiger partial charge in [0.25, 0.3) is 17.1 Å². The summed E-state index contributed by atoms with van der Waals surface area (Å²) in [5, 5.41) is 3.71. The SMILES string of the molecule is COc1cc(/C=C2\SC(=O)N(Cc3c(Cl)cccc3Cl)C2=O)ccc1OCC(=O)NC12CC3CC(CC(C3)C1)C2. The molecular formula is C30H30Cl2N2O5S. The minimum Gasteiger partial charge on any atom is -0.493 e. The van der Waals surface area contributed by atoms with Gasteiger partial charge >= 0.3 is 0 Å². The lowest BCUT2D eigenvalue weighted by Crippen LogP contribution is -2.60. The molecule has 1 saturated heterocycles. The van der Waals surface area contributed by atoms with Crippen molar-refractivity contribution in [3.63, 3.8) is 0 Å². The minimum atomic E-state index is -0.424. The Morgan fingerprint density at radius 1 is 1.05 bits per heavy atom. The van der Waals surface area contributed by atoms with E-state index in [1.807, 2.05) is 0 Å². The summed E-state index contributed by atoms with van der Waals surface area (Å²) < 4.78 is 11.4. The number of nitrogens with one attached hydrogen (secondary N) is 1. The van der Waals surface area contributed by atoms with Crippen molar-refractivity contribution in [3.05, 3.63) is 62.5 Å². The molecule has 210 valence electrons. The van der Waals surface area contributed by atoms with E-state index < -0.39 is 11.1 Å². The summed E-state index contributed by atoms with van der Waals surface area (Å²) in [6.07, 6.45) is 8.83. The van der Waals surface area contributed by atoms with Crippen LogP contribution in [0.25, 0.3) is 6.08 Å². The number of imide groups is 1. The third-order valence-electron chi connectivity index (χ3n) is 8.54. The number of carbonyl (C=O) groups is 3. The Hall–Kier alpha value is -2.68. The smallest absolute Gasteiger partial charge is 0.293 e. The number of carbonyl (C=O) groups excluding carboxylic acids is 3. The zero-order valence-corrected chi connectivity index (χ0v) is 24.4. The van der Waals surface area contributed by atoms with Gasteiger partial charge in [-0.1, -0.05) is 35.3 Å². The van der Waals surface area contributed by atoms with E-state index in [9.17, 15) is 14.4 Å². The van der Waals surface area contributed by atoms with Crippen LogP contribution < -0.4 is 14.8 Å². The lowest BCUT2D eigenvalue weighted by Gasteiger charge is -2.56. The molecule has 0 radical (unpaired) electrons. The van der Waals surface area contributed by atoms with E-state index in [-0.39, 0.29) is 29.5 Å². The number of benzene rings is 2. The Bertz CT molecular complexity index is 1350. The number of methoxy groups -OCH3 is 1. The first-order chi connectivity index (χ1) is 19.2. The van der Waals surface area contributed by atoms with Crippen LogP contribution in [-0.4, -0.2) is 41.2 Å². The molecule has 0 unspecified atom stereocenters. The summed E-state index contributed by atoms with van der Waals surface area (Å²) in [6.45, 7) is -0.108. The Labute approximate surface area is 247 Å². The number of hydrogen-bond acceptors (Lipinski definition) is 6. The molecule has 2 aromatic rings. The van der Waals surface area contributed by atoms with Gasteiger partial charge in [0.2, 0.25) is 0 Å². The van der Waals surface area contributed by atoms with Crippen LogP contribution in [0.1, 0.15) is 49.7 Å².